The van der Waals surface area contributed by atoms with Crippen molar-refractivity contribution in [3.63, 3.8) is 0 Å². The molecule has 33 heavy (non-hydrogen) atoms. The third-order valence-corrected chi connectivity index (χ3v) is 8.06. The first kappa shape index (κ1) is 28.8. The lowest BCUT2D eigenvalue weighted by molar-refractivity contribution is -0.142. The van der Waals surface area contributed by atoms with Crippen LogP contribution in [0.2, 0.25) is 0 Å². The van der Waals surface area contributed by atoms with Crippen molar-refractivity contribution in [2.24, 2.45) is 35.2 Å². The smallest absolute Gasteiger partial charge is 0.249 e. The molecule has 0 aliphatic rings. The number of hydrogen-bond acceptors (Lipinski definition) is 7. The number of hydrogen-bond donors (Lipinski definition) is 5. The lowest BCUT2D eigenvalue weighted by atomic mass is 9.72. The molecule has 0 heterocycles. The fraction of sp³-hybridized carbons (Fsp3) is 0.565. The van der Waals surface area contributed by atoms with E-state index in [4.69, 9.17) is 11.6 Å². The number of hydroxylamine groups is 1. The van der Waals surface area contributed by atoms with Crippen molar-refractivity contribution in [3.05, 3.63) is 42.0 Å². The summed E-state index contributed by atoms with van der Waals surface area (Å²) in [4.78, 5) is 26.0. The number of sulfone groups is 1. The van der Waals surface area contributed by atoms with Gasteiger partial charge in [-0.05, 0) is 30.2 Å². The van der Waals surface area contributed by atoms with Crippen molar-refractivity contribution in [2.75, 3.05) is 12.3 Å². The third-order valence-electron chi connectivity index (χ3n) is 5.58. The van der Waals surface area contributed by atoms with E-state index in [0.717, 1.165) is 5.56 Å². The van der Waals surface area contributed by atoms with Crippen LogP contribution in [0, 0.1) is 23.7 Å². The van der Waals surface area contributed by atoms with E-state index in [1.54, 1.807) is 35.8 Å². The maximum absolute atomic E-state index is 13.8. The molecule has 0 saturated carbocycles. The molecule has 0 bridgehead atoms. The van der Waals surface area contributed by atoms with Crippen LogP contribution in [0.4, 0.5) is 0 Å². The molecule has 10 heteroatoms. The van der Waals surface area contributed by atoms with Gasteiger partial charge < -0.3 is 5.73 Å². The van der Waals surface area contributed by atoms with Crippen molar-refractivity contribution < 1.29 is 23.2 Å². The van der Waals surface area contributed by atoms with E-state index in [1.807, 2.05) is 33.8 Å². The Kier molecular flexibility index (Phi) is 11.2. The minimum Gasteiger partial charge on any atom is -0.329 e. The molecular weight excluding hydrogens is 444 g/mol. The highest BCUT2D eigenvalue weighted by molar-refractivity contribution is 7.93. The zero-order valence-corrected chi connectivity index (χ0v) is 20.6. The molecule has 1 rings (SSSR count). The number of nitrogens with two attached hydrogens (primary N) is 2. The van der Waals surface area contributed by atoms with Gasteiger partial charge in [-0.25, -0.2) is 19.7 Å². The molecule has 0 saturated heterocycles. The molecule has 0 aromatic heterocycles. The van der Waals surface area contributed by atoms with Crippen LogP contribution in [-0.4, -0.2) is 42.5 Å². The summed E-state index contributed by atoms with van der Waals surface area (Å²) < 4.78 is 25.8. The largest absolute Gasteiger partial charge is 0.329 e. The summed E-state index contributed by atoms with van der Waals surface area (Å²) >= 11 is 0. The van der Waals surface area contributed by atoms with E-state index in [9.17, 15) is 23.2 Å². The summed E-state index contributed by atoms with van der Waals surface area (Å²) in [7, 11) is -4.08. The fourth-order valence-electron chi connectivity index (χ4n) is 4.33. The van der Waals surface area contributed by atoms with Gasteiger partial charge in [-0.1, -0.05) is 70.2 Å². The topological polar surface area (TPSA) is 165 Å². The molecule has 0 spiro atoms. The van der Waals surface area contributed by atoms with Crippen LogP contribution in [0.1, 0.15) is 46.1 Å². The number of rotatable bonds is 13. The van der Waals surface area contributed by atoms with Gasteiger partial charge in [0.15, 0.2) is 9.84 Å². The summed E-state index contributed by atoms with van der Waals surface area (Å²) in [6, 6.07) is 9.03. The molecule has 0 aliphatic carbocycles. The van der Waals surface area contributed by atoms with Crippen LogP contribution in [0.3, 0.4) is 0 Å². The minimum atomic E-state index is -4.08. The third kappa shape index (κ3) is 7.36. The molecular formula is C23H38N4O5S. The van der Waals surface area contributed by atoms with Crippen molar-refractivity contribution in [1.29, 1.82) is 0 Å². The molecule has 1 unspecified atom stereocenters. The van der Waals surface area contributed by atoms with Crippen molar-refractivity contribution in [3.8, 4) is 0 Å². The Balaban J connectivity index is 3.99. The first-order valence-electron chi connectivity index (χ1n) is 11.1. The van der Waals surface area contributed by atoms with E-state index in [1.165, 1.54) is 6.08 Å². The molecule has 0 fully saturated rings. The highest BCUT2D eigenvalue weighted by Crippen LogP contribution is 2.42. The highest BCUT2D eigenvalue weighted by Gasteiger charge is 2.55. The van der Waals surface area contributed by atoms with Crippen LogP contribution in [0.5, 0.6) is 0 Å². The van der Waals surface area contributed by atoms with Crippen LogP contribution in [0.25, 0.3) is 6.08 Å². The van der Waals surface area contributed by atoms with E-state index in [-0.39, 0.29) is 31.2 Å². The van der Waals surface area contributed by atoms with Gasteiger partial charge in [0.2, 0.25) is 11.8 Å². The first-order chi connectivity index (χ1) is 15.5. The van der Waals surface area contributed by atoms with Gasteiger partial charge in [-0.3, -0.25) is 20.2 Å². The molecule has 1 aromatic rings. The maximum Gasteiger partial charge on any atom is 0.249 e. The Morgan fingerprint density at radius 3 is 2.15 bits per heavy atom. The molecule has 3 atom stereocenters. The van der Waals surface area contributed by atoms with Gasteiger partial charge in [0.05, 0.1) is 17.6 Å². The second-order valence-corrected chi connectivity index (χ2v) is 11.5. The van der Waals surface area contributed by atoms with E-state index < -0.39 is 44.0 Å². The fourth-order valence-corrected chi connectivity index (χ4v) is 6.54. The molecule has 7 N–H and O–H groups in total. The SMILES string of the molecule is CC(C)C[C@@H](C(=O)NN)[C@@H](C(=O)NO)C(/C=C/c1ccccc1)(CC(C)C)S(=O)(=O)CCN. The summed E-state index contributed by atoms with van der Waals surface area (Å²) in [6.45, 7) is 7.20. The molecule has 2 amide bonds. The summed E-state index contributed by atoms with van der Waals surface area (Å²) in [5.74, 6) is 0.576. The average Bonchev–Trinajstić information content (AvgIpc) is 2.75. The van der Waals surface area contributed by atoms with E-state index in [0.29, 0.717) is 0 Å². The number of hydrazine groups is 1. The van der Waals surface area contributed by atoms with Gasteiger partial charge >= 0.3 is 0 Å². The highest BCUT2D eigenvalue weighted by atomic mass is 32.2. The number of nitrogens with one attached hydrogen (secondary N) is 2. The van der Waals surface area contributed by atoms with Crippen molar-refractivity contribution >= 4 is 27.7 Å². The number of carbonyl (C=O) groups excluding carboxylic acids is 2. The number of amides is 2. The normalized spacial score (nSPS) is 15.9. The van der Waals surface area contributed by atoms with Crippen LogP contribution in [0.15, 0.2) is 36.4 Å². The number of carbonyl (C=O) groups is 2. The van der Waals surface area contributed by atoms with Crippen LogP contribution in [-0.2, 0) is 19.4 Å². The van der Waals surface area contributed by atoms with Gasteiger partial charge in [0.25, 0.3) is 0 Å². The predicted octanol–water partition coefficient (Wildman–Crippen LogP) is 1.63. The van der Waals surface area contributed by atoms with E-state index >= 15 is 0 Å². The Morgan fingerprint density at radius 2 is 1.70 bits per heavy atom. The lowest BCUT2D eigenvalue weighted by Crippen LogP contribution is -2.58. The summed E-state index contributed by atoms with van der Waals surface area (Å²) in [6.07, 6.45) is 3.31. The molecule has 0 radical (unpaired) electrons. The Morgan fingerprint density at radius 1 is 1.09 bits per heavy atom. The van der Waals surface area contributed by atoms with Crippen LogP contribution >= 0.6 is 0 Å². The Labute approximate surface area is 196 Å². The zero-order valence-electron chi connectivity index (χ0n) is 19.8. The Hall–Kier alpha value is -2.27. The summed E-state index contributed by atoms with van der Waals surface area (Å²) in [5, 5.41) is 9.61. The molecule has 9 nitrogen and oxygen atoms in total. The maximum atomic E-state index is 13.8. The standard InChI is InChI=1S/C23H38N4O5S/c1-16(2)14-19(21(28)26-25)20(22(29)27-30)23(15-17(3)4,33(31,32)13-12-24)11-10-18-8-6-5-7-9-18/h5-11,16-17,19-20,30H,12-15,24-25H2,1-4H3,(H,26,28)(H,27,29)/b11-10+/t19-,20+,23?/m1/s1. The average molecular weight is 483 g/mol. The molecule has 186 valence electrons. The predicted molar refractivity (Wildman–Crippen MR) is 129 cm³/mol. The monoisotopic (exact) mass is 482 g/mol. The Bertz CT molecular complexity index is 903. The van der Waals surface area contributed by atoms with Gasteiger partial charge in [-0.2, -0.15) is 0 Å². The molecule has 0 aliphatic heterocycles. The van der Waals surface area contributed by atoms with Crippen molar-refractivity contribution in [1.82, 2.24) is 10.9 Å². The first-order valence-corrected chi connectivity index (χ1v) is 12.7. The second kappa shape index (κ2) is 12.8. The van der Waals surface area contributed by atoms with E-state index in [2.05, 4.69) is 5.43 Å². The van der Waals surface area contributed by atoms with Gasteiger partial charge in [0, 0.05) is 6.54 Å². The molecule has 1 aromatic carbocycles. The minimum absolute atomic E-state index is 0.0310. The zero-order chi connectivity index (χ0) is 25.2. The summed E-state index contributed by atoms with van der Waals surface area (Å²) in [5.41, 5.74) is 10.0. The van der Waals surface area contributed by atoms with Crippen molar-refractivity contribution in [2.45, 2.75) is 45.3 Å². The van der Waals surface area contributed by atoms with Gasteiger partial charge in [-0.15, -0.1) is 0 Å². The quantitative estimate of drug-likeness (QED) is 0.123. The van der Waals surface area contributed by atoms with Gasteiger partial charge in [0.1, 0.15) is 4.75 Å². The lowest BCUT2D eigenvalue weighted by Gasteiger charge is -2.41. The van der Waals surface area contributed by atoms with Crippen LogP contribution < -0.4 is 22.5 Å². The number of benzene rings is 1. The second-order valence-electron chi connectivity index (χ2n) is 9.10.